The summed E-state index contributed by atoms with van der Waals surface area (Å²) in [5.74, 6) is 1.00. The van der Waals surface area contributed by atoms with E-state index in [0.29, 0.717) is 36.8 Å². The van der Waals surface area contributed by atoms with Gasteiger partial charge in [0.2, 0.25) is 5.78 Å². The van der Waals surface area contributed by atoms with Gasteiger partial charge in [-0.25, -0.2) is 4.39 Å². The summed E-state index contributed by atoms with van der Waals surface area (Å²) in [5, 5.41) is 0. The number of halogens is 1. The number of nitrogens with zero attached hydrogens (tertiary/aromatic N) is 1. The molecule has 2 aliphatic heterocycles. The van der Waals surface area contributed by atoms with Crippen LogP contribution in [0.25, 0.3) is 6.08 Å². The van der Waals surface area contributed by atoms with Crippen molar-refractivity contribution in [1.29, 1.82) is 0 Å². The van der Waals surface area contributed by atoms with Crippen LogP contribution in [-0.4, -0.2) is 37.7 Å². The van der Waals surface area contributed by atoms with E-state index in [-0.39, 0.29) is 17.4 Å². The number of fused-ring (bicyclic) bond motifs is 3. The van der Waals surface area contributed by atoms with Crippen LogP contribution in [-0.2, 0) is 11.3 Å². The molecule has 0 saturated carbocycles. The van der Waals surface area contributed by atoms with Crippen molar-refractivity contribution >= 4 is 11.9 Å². The topological polar surface area (TPSA) is 48.0 Å². The average Bonchev–Trinajstić information content (AvgIpc) is 2.98. The number of hydrogen-bond acceptors (Lipinski definition) is 5. The van der Waals surface area contributed by atoms with Crippen LogP contribution in [0.4, 0.5) is 4.39 Å². The van der Waals surface area contributed by atoms with Crippen molar-refractivity contribution in [2.45, 2.75) is 6.54 Å². The van der Waals surface area contributed by atoms with E-state index in [1.807, 2.05) is 6.07 Å². The molecule has 5 nitrogen and oxygen atoms in total. The quantitative estimate of drug-likeness (QED) is 0.788. The molecule has 4 rings (SSSR count). The third-order valence-electron chi connectivity index (χ3n) is 4.46. The van der Waals surface area contributed by atoms with Crippen molar-refractivity contribution in [3.05, 3.63) is 64.7 Å². The molecule has 6 heteroatoms. The molecule has 2 aliphatic rings. The summed E-state index contributed by atoms with van der Waals surface area (Å²) < 4.78 is 29.8. The van der Waals surface area contributed by atoms with Gasteiger partial charge in [-0.1, -0.05) is 12.1 Å². The molecule has 0 radical (unpaired) electrons. The third kappa shape index (κ3) is 3.09. The Morgan fingerprint density at radius 2 is 2.04 bits per heavy atom. The van der Waals surface area contributed by atoms with E-state index in [0.717, 1.165) is 17.9 Å². The summed E-state index contributed by atoms with van der Waals surface area (Å²) in [6.07, 6.45) is 1.63. The highest BCUT2D eigenvalue weighted by Crippen LogP contribution is 2.41. The van der Waals surface area contributed by atoms with Crippen LogP contribution in [0.15, 0.2) is 42.2 Å². The first-order valence-electron chi connectivity index (χ1n) is 8.35. The van der Waals surface area contributed by atoms with Gasteiger partial charge >= 0.3 is 0 Å². The lowest BCUT2D eigenvalue weighted by Gasteiger charge is -2.29. The molecule has 0 aliphatic carbocycles. The van der Waals surface area contributed by atoms with Gasteiger partial charge in [0.1, 0.15) is 24.0 Å². The molecule has 0 atom stereocenters. The fourth-order valence-corrected chi connectivity index (χ4v) is 3.08. The SMILES string of the molecule is COCCN1COc2ccc3c(c2C1)O/C(=C\c1ccc(F)cc1)C3=O. The monoisotopic (exact) mass is 355 g/mol. The number of carbonyl (C=O) groups is 1. The number of benzene rings is 2. The van der Waals surface area contributed by atoms with E-state index in [2.05, 4.69) is 4.90 Å². The fourth-order valence-electron chi connectivity index (χ4n) is 3.08. The van der Waals surface area contributed by atoms with E-state index in [1.54, 1.807) is 31.4 Å². The molecule has 2 heterocycles. The van der Waals surface area contributed by atoms with Crippen LogP contribution < -0.4 is 9.47 Å². The van der Waals surface area contributed by atoms with Crippen LogP contribution in [0.5, 0.6) is 11.5 Å². The molecule has 0 N–H and O–H groups in total. The molecule has 0 bridgehead atoms. The zero-order chi connectivity index (χ0) is 18.1. The molecular formula is C20H18FNO4. The Labute approximate surface area is 150 Å². The van der Waals surface area contributed by atoms with Gasteiger partial charge in [-0.15, -0.1) is 0 Å². The maximum atomic E-state index is 13.1. The third-order valence-corrected chi connectivity index (χ3v) is 4.46. The molecule has 0 amide bonds. The van der Waals surface area contributed by atoms with Crippen molar-refractivity contribution in [3.63, 3.8) is 0 Å². The average molecular weight is 355 g/mol. The van der Waals surface area contributed by atoms with Crippen molar-refractivity contribution in [3.8, 4) is 11.5 Å². The number of ketones is 1. The number of Topliss-reactive ketones (excluding diaryl/α,β-unsaturated/α-hetero) is 1. The predicted molar refractivity (Wildman–Crippen MR) is 93.6 cm³/mol. The maximum absolute atomic E-state index is 13.1. The summed E-state index contributed by atoms with van der Waals surface area (Å²) in [4.78, 5) is 14.8. The first kappa shape index (κ1) is 16.8. The van der Waals surface area contributed by atoms with Gasteiger partial charge in [-0.2, -0.15) is 0 Å². The number of carbonyl (C=O) groups excluding carboxylic acids is 1. The van der Waals surface area contributed by atoms with E-state index in [9.17, 15) is 9.18 Å². The molecule has 0 unspecified atom stereocenters. The predicted octanol–water partition coefficient (Wildman–Crippen LogP) is 3.24. The van der Waals surface area contributed by atoms with Crippen LogP contribution in [0.2, 0.25) is 0 Å². The second kappa shape index (κ2) is 6.90. The van der Waals surface area contributed by atoms with Crippen molar-refractivity contribution in [2.75, 3.05) is 27.0 Å². The molecule has 0 fully saturated rings. The lowest BCUT2D eigenvalue weighted by molar-refractivity contribution is 0.0646. The van der Waals surface area contributed by atoms with E-state index in [4.69, 9.17) is 14.2 Å². The van der Waals surface area contributed by atoms with E-state index in [1.165, 1.54) is 12.1 Å². The van der Waals surface area contributed by atoms with Crippen molar-refractivity contribution in [2.24, 2.45) is 0 Å². The summed E-state index contributed by atoms with van der Waals surface area (Å²) in [5.41, 5.74) is 2.09. The van der Waals surface area contributed by atoms with Gasteiger partial charge in [0, 0.05) is 20.2 Å². The molecule has 0 saturated heterocycles. The highest BCUT2D eigenvalue weighted by atomic mass is 19.1. The van der Waals surface area contributed by atoms with E-state index < -0.39 is 0 Å². The summed E-state index contributed by atoms with van der Waals surface area (Å²) >= 11 is 0. The Morgan fingerprint density at radius 1 is 1.23 bits per heavy atom. The Bertz CT molecular complexity index is 876. The van der Waals surface area contributed by atoms with Crippen LogP contribution in [0, 0.1) is 5.82 Å². The first-order chi connectivity index (χ1) is 12.7. The summed E-state index contributed by atoms with van der Waals surface area (Å²) in [7, 11) is 1.66. The number of allylic oxidation sites excluding steroid dienone is 1. The lowest BCUT2D eigenvalue weighted by atomic mass is 10.0. The van der Waals surface area contributed by atoms with E-state index >= 15 is 0 Å². The maximum Gasteiger partial charge on any atom is 0.231 e. The van der Waals surface area contributed by atoms with Crippen molar-refractivity contribution in [1.82, 2.24) is 4.90 Å². The Balaban J connectivity index is 1.63. The number of rotatable bonds is 4. The van der Waals surface area contributed by atoms with Gasteiger partial charge in [0.05, 0.1) is 17.7 Å². The minimum Gasteiger partial charge on any atom is -0.478 e. The fraction of sp³-hybridized carbons (Fsp3) is 0.250. The molecule has 26 heavy (non-hydrogen) atoms. The number of hydrogen-bond donors (Lipinski definition) is 0. The zero-order valence-corrected chi connectivity index (χ0v) is 14.3. The largest absolute Gasteiger partial charge is 0.478 e. The minimum atomic E-state index is -0.323. The second-order valence-electron chi connectivity index (χ2n) is 6.23. The van der Waals surface area contributed by atoms with Gasteiger partial charge in [-0.3, -0.25) is 9.69 Å². The standard InChI is InChI=1S/C20H18FNO4/c1-24-9-8-22-11-16-17(25-12-22)7-6-15-19(23)18(26-20(15)16)10-13-2-4-14(21)5-3-13/h2-7,10H,8-9,11-12H2,1H3/b18-10-. The lowest BCUT2D eigenvalue weighted by Crippen LogP contribution is -2.34. The summed E-state index contributed by atoms with van der Waals surface area (Å²) in [6, 6.07) is 9.45. The minimum absolute atomic E-state index is 0.180. The van der Waals surface area contributed by atoms with Crippen LogP contribution in [0.3, 0.4) is 0 Å². The molecule has 0 aromatic heterocycles. The van der Waals surface area contributed by atoms with Gasteiger partial charge in [0.15, 0.2) is 5.76 Å². The normalized spacial score (nSPS) is 17.6. The molecule has 0 spiro atoms. The Hall–Kier alpha value is -2.70. The second-order valence-corrected chi connectivity index (χ2v) is 6.23. The van der Waals surface area contributed by atoms with Crippen molar-refractivity contribution < 1.29 is 23.4 Å². The Morgan fingerprint density at radius 3 is 2.81 bits per heavy atom. The number of ether oxygens (including phenoxy) is 3. The zero-order valence-electron chi connectivity index (χ0n) is 14.3. The molecular weight excluding hydrogens is 337 g/mol. The van der Waals surface area contributed by atoms with Crippen LogP contribution >= 0.6 is 0 Å². The molecule has 2 aromatic rings. The molecule has 134 valence electrons. The molecule has 2 aromatic carbocycles. The van der Waals surface area contributed by atoms with Gasteiger partial charge < -0.3 is 14.2 Å². The highest BCUT2D eigenvalue weighted by Gasteiger charge is 2.33. The van der Waals surface area contributed by atoms with Crippen LogP contribution in [0.1, 0.15) is 21.5 Å². The van der Waals surface area contributed by atoms with Gasteiger partial charge in [-0.05, 0) is 35.9 Å². The number of methoxy groups -OCH3 is 1. The smallest absolute Gasteiger partial charge is 0.231 e. The first-order valence-corrected chi connectivity index (χ1v) is 8.35. The Kier molecular flexibility index (Phi) is 4.44. The van der Waals surface area contributed by atoms with Gasteiger partial charge in [0.25, 0.3) is 0 Å². The highest BCUT2D eigenvalue weighted by molar-refractivity contribution is 6.15. The summed E-state index contributed by atoms with van der Waals surface area (Å²) in [6.45, 7) is 2.43.